The van der Waals surface area contributed by atoms with Crippen molar-refractivity contribution in [3.05, 3.63) is 57.6 Å². The van der Waals surface area contributed by atoms with Crippen LogP contribution < -0.4 is 11.5 Å². The molecule has 0 amide bonds. The van der Waals surface area contributed by atoms with E-state index in [0.29, 0.717) is 11.8 Å². The molecule has 2 aromatic rings. The Hall–Kier alpha value is -1.96. The lowest BCUT2D eigenvalue weighted by Gasteiger charge is -2.16. The molecular formula is C23H34N2. The molecule has 4 N–H and O–H groups in total. The maximum absolute atomic E-state index is 6.30. The number of benzene rings is 2. The van der Waals surface area contributed by atoms with Crippen molar-refractivity contribution >= 4 is 11.4 Å². The zero-order valence-corrected chi connectivity index (χ0v) is 16.7. The van der Waals surface area contributed by atoms with E-state index < -0.39 is 0 Å². The Morgan fingerprint density at radius 3 is 1.36 bits per heavy atom. The molecule has 0 fully saturated rings. The second kappa shape index (κ2) is 7.95. The van der Waals surface area contributed by atoms with Crippen LogP contribution >= 0.6 is 0 Å². The zero-order valence-electron chi connectivity index (χ0n) is 16.7. The van der Waals surface area contributed by atoms with Gasteiger partial charge in [-0.1, -0.05) is 52.0 Å². The Balaban J connectivity index is 2.36. The predicted molar refractivity (Wildman–Crippen MR) is 111 cm³/mol. The Bertz CT molecular complexity index is 679. The largest absolute Gasteiger partial charge is 0.398 e. The van der Waals surface area contributed by atoms with Crippen molar-refractivity contribution in [2.45, 2.75) is 60.8 Å². The molecule has 2 aromatic carbocycles. The number of nitrogens with two attached hydrogens (primary N) is 2. The van der Waals surface area contributed by atoms with Crippen molar-refractivity contribution < 1.29 is 0 Å². The van der Waals surface area contributed by atoms with Crippen LogP contribution in [-0.4, -0.2) is 0 Å². The number of rotatable bonds is 6. The van der Waals surface area contributed by atoms with Gasteiger partial charge in [-0.05, 0) is 78.3 Å². The van der Waals surface area contributed by atoms with Gasteiger partial charge in [0.05, 0.1) is 0 Å². The molecular weight excluding hydrogens is 304 g/mol. The van der Waals surface area contributed by atoms with Gasteiger partial charge in [0, 0.05) is 11.4 Å². The van der Waals surface area contributed by atoms with Crippen LogP contribution in [0.2, 0.25) is 0 Å². The van der Waals surface area contributed by atoms with Crippen molar-refractivity contribution in [1.29, 1.82) is 0 Å². The molecule has 0 unspecified atom stereocenters. The SMILES string of the molecule is Cc1cc(Cc2cc(C)c(N)c(CC(C)C)c2)cc(CC(C)C)c1N. The minimum Gasteiger partial charge on any atom is -0.398 e. The summed E-state index contributed by atoms with van der Waals surface area (Å²) in [5, 5.41) is 0. The highest BCUT2D eigenvalue weighted by molar-refractivity contribution is 5.58. The summed E-state index contributed by atoms with van der Waals surface area (Å²) in [4.78, 5) is 0. The highest BCUT2D eigenvalue weighted by Crippen LogP contribution is 2.27. The van der Waals surface area contributed by atoms with E-state index in [-0.39, 0.29) is 0 Å². The van der Waals surface area contributed by atoms with Gasteiger partial charge in [-0.2, -0.15) is 0 Å². The lowest BCUT2D eigenvalue weighted by Crippen LogP contribution is -2.05. The van der Waals surface area contributed by atoms with E-state index in [1.807, 2.05) is 0 Å². The van der Waals surface area contributed by atoms with Crippen LogP contribution in [0.4, 0.5) is 11.4 Å². The van der Waals surface area contributed by atoms with Gasteiger partial charge in [-0.25, -0.2) is 0 Å². The van der Waals surface area contributed by atoms with E-state index in [4.69, 9.17) is 11.5 Å². The number of hydrogen-bond acceptors (Lipinski definition) is 2. The Kier molecular flexibility index (Phi) is 6.16. The molecule has 0 atom stereocenters. The average Bonchev–Trinajstić information content (AvgIpc) is 2.48. The van der Waals surface area contributed by atoms with Crippen LogP contribution in [0.15, 0.2) is 24.3 Å². The van der Waals surface area contributed by atoms with E-state index >= 15 is 0 Å². The summed E-state index contributed by atoms with van der Waals surface area (Å²) in [6, 6.07) is 9.03. The molecule has 0 saturated carbocycles. The molecule has 0 aliphatic heterocycles. The Morgan fingerprint density at radius 2 is 1.04 bits per heavy atom. The van der Waals surface area contributed by atoms with Gasteiger partial charge in [0.15, 0.2) is 0 Å². The van der Waals surface area contributed by atoms with Crippen molar-refractivity contribution in [2.75, 3.05) is 11.5 Å². The van der Waals surface area contributed by atoms with Gasteiger partial charge in [-0.3, -0.25) is 0 Å². The van der Waals surface area contributed by atoms with E-state index in [1.165, 1.54) is 33.4 Å². The number of nitrogen functional groups attached to an aromatic ring is 2. The van der Waals surface area contributed by atoms with E-state index in [1.54, 1.807) is 0 Å². The van der Waals surface area contributed by atoms with Gasteiger partial charge < -0.3 is 11.5 Å². The summed E-state index contributed by atoms with van der Waals surface area (Å²) < 4.78 is 0. The lowest BCUT2D eigenvalue weighted by atomic mass is 9.91. The van der Waals surface area contributed by atoms with Crippen LogP contribution in [-0.2, 0) is 19.3 Å². The van der Waals surface area contributed by atoms with Crippen LogP contribution in [0.5, 0.6) is 0 Å². The average molecular weight is 339 g/mol. The first kappa shape index (κ1) is 19.4. The van der Waals surface area contributed by atoms with E-state index in [0.717, 1.165) is 30.6 Å². The number of anilines is 2. The second-order valence-corrected chi connectivity index (χ2v) is 8.34. The normalized spacial score (nSPS) is 11.5. The monoisotopic (exact) mass is 338 g/mol. The fourth-order valence-corrected chi connectivity index (χ4v) is 3.56. The third kappa shape index (κ3) is 5.01. The van der Waals surface area contributed by atoms with Gasteiger partial charge in [0.1, 0.15) is 0 Å². The minimum absolute atomic E-state index is 0.605. The molecule has 25 heavy (non-hydrogen) atoms. The van der Waals surface area contributed by atoms with E-state index in [2.05, 4.69) is 65.8 Å². The summed E-state index contributed by atoms with van der Waals surface area (Å²) in [7, 11) is 0. The first-order valence-electron chi connectivity index (χ1n) is 9.43. The first-order valence-corrected chi connectivity index (χ1v) is 9.43. The molecule has 0 radical (unpaired) electrons. The maximum Gasteiger partial charge on any atom is 0.0376 e. The highest BCUT2D eigenvalue weighted by atomic mass is 14.6. The van der Waals surface area contributed by atoms with E-state index in [9.17, 15) is 0 Å². The first-order chi connectivity index (χ1) is 11.7. The molecule has 2 rings (SSSR count). The van der Waals surface area contributed by atoms with Crippen LogP contribution in [0.1, 0.15) is 61.1 Å². The lowest BCUT2D eigenvalue weighted by molar-refractivity contribution is 0.647. The van der Waals surface area contributed by atoms with Crippen LogP contribution in [0.25, 0.3) is 0 Å². The van der Waals surface area contributed by atoms with Crippen LogP contribution in [0.3, 0.4) is 0 Å². The molecule has 2 heteroatoms. The molecule has 0 aliphatic rings. The molecule has 136 valence electrons. The van der Waals surface area contributed by atoms with Gasteiger partial charge in [0.2, 0.25) is 0 Å². The maximum atomic E-state index is 6.30. The van der Waals surface area contributed by atoms with Gasteiger partial charge in [0.25, 0.3) is 0 Å². The topological polar surface area (TPSA) is 52.0 Å². The zero-order chi connectivity index (χ0) is 18.7. The fraction of sp³-hybridized carbons (Fsp3) is 0.478. The van der Waals surface area contributed by atoms with Gasteiger partial charge in [-0.15, -0.1) is 0 Å². The van der Waals surface area contributed by atoms with Crippen molar-refractivity contribution in [3.63, 3.8) is 0 Å². The molecule has 2 nitrogen and oxygen atoms in total. The number of aryl methyl sites for hydroxylation is 2. The van der Waals surface area contributed by atoms with Crippen molar-refractivity contribution in [2.24, 2.45) is 11.8 Å². The highest BCUT2D eigenvalue weighted by Gasteiger charge is 2.11. The summed E-state index contributed by atoms with van der Waals surface area (Å²) in [5.74, 6) is 1.21. The predicted octanol–water partition coefficient (Wildman–Crippen LogP) is 5.46. The molecule has 0 heterocycles. The molecule has 0 aliphatic carbocycles. The Morgan fingerprint density at radius 1 is 0.680 bits per heavy atom. The van der Waals surface area contributed by atoms with Crippen molar-refractivity contribution in [1.82, 2.24) is 0 Å². The smallest absolute Gasteiger partial charge is 0.0376 e. The summed E-state index contributed by atoms with van der Waals surface area (Å²) in [6.45, 7) is 13.2. The van der Waals surface area contributed by atoms with Crippen molar-refractivity contribution in [3.8, 4) is 0 Å². The third-order valence-corrected chi connectivity index (χ3v) is 4.73. The fourth-order valence-electron chi connectivity index (χ4n) is 3.56. The molecule has 0 bridgehead atoms. The quantitative estimate of drug-likeness (QED) is 0.688. The summed E-state index contributed by atoms with van der Waals surface area (Å²) in [6.07, 6.45) is 2.98. The minimum atomic E-state index is 0.605. The molecule has 0 aromatic heterocycles. The third-order valence-electron chi connectivity index (χ3n) is 4.73. The standard InChI is InChI=1S/C23H34N2/c1-14(2)7-20-12-18(9-16(5)22(20)24)11-19-10-17(6)23(25)21(13-19)8-15(3)4/h9-10,12-15H,7-8,11,24-25H2,1-6H3. The molecule has 0 spiro atoms. The second-order valence-electron chi connectivity index (χ2n) is 8.34. The Labute approximate surface area is 153 Å². The summed E-state index contributed by atoms with van der Waals surface area (Å²) >= 11 is 0. The molecule has 0 saturated heterocycles. The number of hydrogen-bond donors (Lipinski definition) is 2. The van der Waals surface area contributed by atoms with Crippen LogP contribution in [0, 0.1) is 25.7 Å². The van der Waals surface area contributed by atoms with Gasteiger partial charge >= 0.3 is 0 Å². The summed E-state index contributed by atoms with van der Waals surface area (Å²) in [5.41, 5.74) is 22.1.